The van der Waals surface area contributed by atoms with E-state index in [2.05, 4.69) is 12.2 Å². The molecule has 1 saturated heterocycles. The van der Waals surface area contributed by atoms with E-state index in [4.69, 9.17) is 5.73 Å². The van der Waals surface area contributed by atoms with Gasteiger partial charge in [0, 0.05) is 12.0 Å². The second-order valence-corrected chi connectivity index (χ2v) is 5.82. The lowest BCUT2D eigenvalue weighted by molar-refractivity contribution is -0.152. The smallest absolute Gasteiger partial charge is 0.249 e. The van der Waals surface area contributed by atoms with Crippen molar-refractivity contribution in [2.75, 3.05) is 6.54 Å². The number of carbonyl (C=O) groups is 3. The van der Waals surface area contributed by atoms with Crippen LogP contribution >= 0.6 is 0 Å². The number of amides is 3. The minimum atomic E-state index is -0.585. The van der Waals surface area contributed by atoms with Gasteiger partial charge in [-0.1, -0.05) is 6.92 Å². The highest BCUT2D eigenvalue weighted by molar-refractivity contribution is 6.04. The molecule has 2 aliphatic rings. The fourth-order valence-electron chi connectivity index (χ4n) is 3.08. The van der Waals surface area contributed by atoms with Crippen LogP contribution < -0.4 is 11.1 Å². The predicted molar refractivity (Wildman–Crippen MR) is 68.8 cm³/mol. The first-order valence-electron chi connectivity index (χ1n) is 6.78. The molecule has 2 fully saturated rings. The monoisotopic (exact) mass is 267 g/mol. The van der Waals surface area contributed by atoms with Gasteiger partial charge in [-0.25, -0.2) is 0 Å². The van der Waals surface area contributed by atoms with Gasteiger partial charge < -0.3 is 10.6 Å². The molecule has 1 saturated carbocycles. The summed E-state index contributed by atoms with van der Waals surface area (Å²) in [4.78, 5) is 36.8. The SMILES string of the molecule is CC1CC(N)CC(C(=O)N2CC(=O)NC(=O)C2C)C1. The molecule has 3 N–H and O–H groups in total. The van der Waals surface area contributed by atoms with Crippen LogP contribution in [0.15, 0.2) is 0 Å². The van der Waals surface area contributed by atoms with Crippen LogP contribution in [0, 0.1) is 11.8 Å². The van der Waals surface area contributed by atoms with Crippen molar-refractivity contribution in [3.8, 4) is 0 Å². The summed E-state index contributed by atoms with van der Waals surface area (Å²) in [7, 11) is 0. The number of hydrogen-bond donors (Lipinski definition) is 2. The molecule has 0 aromatic rings. The van der Waals surface area contributed by atoms with E-state index in [1.54, 1.807) is 6.92 Å². The first-order chi connectivity index (χ1) is 8.88. The van der Waals surface area contributed by atoms with Crippen molar-refractivity contribution < 1.29 is 14.4 Å². The molecular weight excluding hydrogens is 246 g/mol. The topological polar surface area (TPSA) is 92.5 Å². The fourth-order valence-corrected chi connectivity index (χ4v) is 3.08. The van der Waals surface area contributed by atoms with E-state index < -0.39 is 17.9 Å². The van der Waals surface area contributed by atoms with Crippen LogP contribution in [0.4, 0.5) is 0 Å². The predicted octanol–water partition coefficient (Wildman–Crippen LogP) is -0.377. The van der Waals surface area contributed by atoms with Gasteiger partial charge >= 0.3 is 0 Å². The molecule has 6 heteroatoms. The van der Waals surface area contributed by atoms with Crippen molar-refractivity contribution in [2.45, 2.75) is 45.2 Å². The van der Waals surface area contributed by atoms with Crippen molar-refractivity contribution in [3.05, 3.63) is 0 Å². The normalized spacial score (nSPS) is 36.1. The number of nitrogens with one attached hydrogen (secondary N) is 1. The highest BCUT2D eigenvalue weighted by Crippen LogP contribution is 2.30. The third-order valence-electron chi connectivity index (χ3n) is 4.04. The largest absolute Gasteiger partial charge is 0.328 e. The average Bonchev–Trinajstić information content (AvgIpc) is 2.31. The Morgan fingerprint density at radius 3 is 2.58 bits per heavy atom. The zero-order valence-corrected chi connectivity index (χ0v) is 11.4. The summed E-state index contributed by atoms with van der Waals surface area (Å²) in [5.41, 5.74) is 5.96. The van der Waals surface area contributed by atoms with Crippen molar-refractivity contribution in [3.63, 3.8) is 0 Å². The summed E-state index contributed by atoms with van der Waals surface area (Å²) >= 11 is 0. The molecule has 0 aromatic heterocycles. The van der Waals surface area contributed by atoms with E-state index in [9.17, 15) is 14.4 Å². The van der Waals surface area contributed by atoms with Gasteiger partial charge in [-0.15, -0.1) is 0 Å². The third kappa shape index (κ3) is 2.94. The van der Waals surface area contributed by atoms with Gasteiger partial charge in [-0.3, -0.25) is 19.7 Å². The number of nitrogens with zero attached hydrogens (tertiary/aromatic N) is 1. The van der Waals surface area contributed by atoms with Crippen LogP contribution in [-0.4, -0.2) is 41.2 Å². The van der Waals surface area contributed by atoms with Crippen molar-refractivity contribution in [2.24, 2.45) is 17.6 Å². The standard InChI is InChI=1S/C13H21N3O3/c1-7-3-9(5-10(14)4-7)13(19)16-6-11(17)15-12(18)8(16)2/h7-10H,3-6,14H2,1-2H3,(H,15,17,18). The molecule has 1 aliphatic carbocycles. The van der Waals surface area contributed by atoms with Gasteiger partial charge in [-0.05, 0) is 32.1 Å². The second-order valence-electron chi connectivity index (χ2n) is 5.82. The molecule has 106 valence electrons. The van der Waals surface area contributed by atoms with Gasteiger partial charge in [0.05, 0.1) is 0 Å². The number of rotatable bonds is 1. The molecule has 0 spiro atoms. The van der Waals surface area contributed by atoms with E-state index in [0.717, 1.165) is 12.8 Å². The number of piperazine rings is 1. The Balaban J connectivity index is 2.09. The van der Waals surface area contributed by atoms with Gasteiger partial charge in [0.2, 0.25) is 17.7 Å². The first kappa shape index (κ1) is 14.0. The number of imide groups is 1. The molecule has 1 heterocycles. The van der Waals surface area contributed by atoms with E-state index in [0.29, 0.717) is 12.3 Å². The molecule has 0 bridgehead atoms. The molecule has 0 aromatic carbocycles. The lowest BCUT2D eigenvalue weighted by Gasteiger charge is -2.37. The number of nitrogens with two attached hydrogens (primary N) is 1. The maximum absolute atomic E-state index is 12.5. The summed E-state index contributed by atoms with van der Waals surface area (Å²) in [6.45, 7) is 3.69. The lowest BCUT2D eigenvalue weighted by atomic mass is 9.79. The summed E-state index contributed by atoms with van der Waals surface area (Å²) in [5, 5.41) is 2.24. The van der Waals surface area contributed by atoms with Crippen molar-refractivity contribution in [1.29, 1.82) is 0 Å². The van der Waals surface area contributed by atoms with Crippen LogP contribution in [-0.2, 0) is 14.4 Å². The number of hydrogen-bond acceptors (Lipinski definition) is 4. The Hall–Kier alpha value is -1.43. The van der Waals surface area contributed by atoms with E-state index >= 15 is 0 Å². The minimum Gasteiger partial charge on any atom is -0.328 e. The summed E-state index contributed by atoms with van der Waals surface area (Å²) < 4.78 is 0. The highest BCUT2D eigenvalue weighted by atomic mass is 16.2. The molecular formula is C13H21N3O3. The van der Waals surface area contributed by atoms with Crippen LogP contribution in [0.5, 0.6) is 0 Å². The Morgan fingerprint density at radius 1 is 1.26 bits per heavy atom. The Kier molecular flexibility index (Phi) is 3.89. The van der Waals surface area contributed by atoms with Crippen LogP contribution in [0.2, 0.25) is 0 Å². The minimum absolute atomic E-state index is 0.0299. The molecule has 2 rings (SSSR count). The molecule has 3 amide bonds. The first-order valence-corrected chi connectivity index (χ1v) is 6.78. The average molecular weight is 267 g/mol. The molecule has 1 aliphatic heterocycles. The summed E-state index contributed by atoms with van der Waals surface area (Å²) in [5.74, 6) is -0.692. The maximum atomic E-state index is 12.5. The second kappa shape index (κ2) is 5.28. The van der Waals surface area contributed by atoms with E-state index in [1.165, 1.54) is 4.90 Å². The van der Waals surface area contributed by atoms with Gasteiger partial charge in [0.15, 0.2) is 0 Å². The third-order valence-corrected chi connectivity index (χ3v) is 4.04. The molecule has 0 radical (unpaired) electrons. The molecule has 4 unspecified atom stereocenters. The molecule has 6 nitrogen and oxygen atoms in total. The Labute approximate surface area is 112 Å². The quantitative estimate of drug-likeness (QED) is 0.634. The summed E-state index contributed by atoms with van der Waals surface area (Å²) in [6.07, 6.45) is 2.35. The maximum Gasteiger partial charge on any atom is 0.249 e. The lowest BCUT2D eigenvalue weighted by Crippen LogP contribution is -2.60. The van der Waals surface area contributed by atoms with E-state index in [-0.39, 0.29) is 24.4 Å². The number of carbonyl (C=O) groups excluding carboxylic acids is 3. The highest BCUT2D eigenvalue weighted by Gasteiger charge is 2.38. The zero-order chi connectivity index (χ0) is 14.2. The summed E-state index contributed by atoms with van der Waals surface area (Å²) in [6, 6.07) is -0.555. The van der Waals surface area contributed by atoms with Crippen LogP contribution in [0.3, 0.4) is 0 Å². The van der Waals surface area contributed by atoms with Crippen molar-refractivity contribution in [1.82, 2.24) is 10.2 Å². The Bertz CT molecular complexity index is 400. The fraction of sp³-hybridized carbons (Fsp3) is 0.769. The molecule has 4 atom stereocenters. The van der Waals surface area contributed by atoms with Gasteiger partial charge in [-0.2, -0.15) is 0 Å². The van der Waals surface area contributed by atoms with Gasteiger partial charge in [0.25, 0.3) is 0 Å². The van der Waals surface area contributed by atoms with Crippen LogP contribution in [0.1, 0.15) is 33.1 Å². The van der Waals surface area contributed by atoms with E-state index in [1.807, 2.05) is 0 Å². The molecule has 19 heavy (non-hydrogen) atoms. The van der Waals surface area contributed by atoms with Crippen LogP contribution in [0.25, 0.3) is 0 Å². The van der Waals surface area contributed by atoms with Gasteiger partial charge in [0.1, 0.15) is 12.6 Å². The van der Waals surface area contributed by atoms with Crippen molar-refractivity contribution >= 4 is 17.7 Å². The zero-order valence-electron chi connectivity index (χ0n) is 11.4. The Morgan fingerprint density at radius 2 is 1.95 bits per heavy atom.